The first-order chi connectivity index (χ1) is 16.0. The average molecular weight is 455 g/mol. The first-order valence-corrected chi connectivity index (χ1v) is 11.6. The van der Waals surface area contributed by atoms with Crippen LogP contribution in [0.2, 0.25) is 0 Å². The third-order valence-corrected chi connectivity index (χ3v) is 6.69. The van der Waals surface area contributed by atoms with Gasteiger partial charge in [-0.05, 0) is 50.1 Å². The van der Waals surface area contributed by atoms with Gasteiger partial charge in [0.2, 0.25) is 5.78 Å². The number of hydrogen-bond acceptors (Lipinski definition) is 5. The highest BCUT2D eigenvalue weighted by Crippen LogP contribution is 2.25. The molecule has 0 saturated heterocycles. The molecule has 0 atom stereocenters. The van der Waals surface area contributed by atoms with Crippen molar-refractivity contribution in [3.8, 4) is 5.69 Å². The molecule has 5 rings (SSSR count). The van der Waals surface area contributed by atoms with Crippen LogP contribution >= 0.6 is 11.8 Å². The van der Waals surface area contributed by atoms with E-state index in [-0.39, 0.29) is 17.1 Å². The van der Waals surface area contributed by atoms with Crippen molar-refractivity contribution in [2.75, 3.05) is 5.75 Å². The van der Waals surface area contributed by atoms with Gasteiger partial charge in [0.25, 0.3) is 5.56 Å². The number of carbonyl (C=O) groups is 1. The Morgan fingerprint density at radius 3 is 2.45 bits per heavy atom. The van der Waals surface area contributed by atoms with E-state index in [0.29, 0.717) is 27.4 Å². The molecule has 3 aromatic carbocycles. The molecule has 2 aromatic heterocycles. The van der Waals surface area contributed by atoms with Crippen LogP contribution < -0.4 is 5.56 Å². The number of para-hydroxylation sites is 2. The van der Waals surface area contributed by atoms with Gasteiger partial charge in [-0.15, -0.1) is 10.2 Å². The lowest BCUT2D eigenvalue weighted by atomic mass is 10.0. The van der Waals surface area contributed by atoms with Gasteiger partial charge in [0.15, 0.2) is 10.9 Å². The van der Waals surface area contributed by atoms with Crippen LogP contribution in [0, 0.1) is 20.8 Å². The lowest BCUT2D eigenvalue weighted by Gasteiger charge is -2.13. The molecule has 0 amide bonds. The van der Waals surface area contributed by atoms with Crippen LogP contribution in [0.3, 0.4) is 0 Å². The lowest BCUT2D eigenvalue weighted by Crippen LogP contribution is -2.22. The van der Waals surface area contributed by atoms with Crippen LogP contribution in [0.15, 0.2) is 76.7 Å². The van der Waals surface area contributed by atoms with Crippen molar-refractivity contribution in [2.45, 2.75) is 25.9 Å². The number of rotatable bonds is 5. The average Bonchev–Trinajstić information content (AvgIpc) is 3.22. The summed E-state index contributed by atoms with van der Waals surface area (Å²) in [6.07, 6.45) is 0. The quantitative estimate of drug-likeness (QED) is 0.278. The predicted molar refractivity (Wildman–Crippen MR) is 132 cm³/mol. The molecule has 0 aliphatic heterocycles. The van der Waals surface area contributed by atoms with Gasteiger partial charge in [-0.2, -0.15) is 0 Å². The van der Waals surface area contributed by atoms with E-state index >= 15 is 0 Å². The van der Waals surface area contributed by atoms with Crippen LogP contribution in [0.1, 0.15) is 27.0 Å². The molecule has 7 heteroatoms. The monoisotopic (exact) mass is 454 g/mol. The molecule has 0 bridgehead atoms. The Labute approximate surface area is 194 Å². The summed E-state index contributed by atoms with van der Waals surface area (Å²) in [5, 5.41) is 9.88. The van der Waals surface area contributed by atoms with E-state index in [1.807, 2.05) is 85.8 Å². The summed E-state index contributed by atoms with van der Waals surface area (Å²) in [6, 6.07) is 20.9. The first-order valence-electron chi connectivity index (χ1n) is 10.6. The Morgan fingerprint density at radius 2 is 1.67 bits per heavy atom. The first kappa shape index (κ1) is 21.2. The lowest BCUT2D eigenvalue weighted by molar-refractivity contribution is 0.102. The smallest absolute Gasteiger partial charge is 0.267 e. The molecule has 0 saturated carbocycles. The number of Topliss-reactive ketones (excluding diaryl/α,β-unsaturated/α-hetero) is 1. The van der Waals surface area contributed by atoms with Crippen molar-refractivity contribution in [3.63, 3.8) is 0 Å². The van der Waals surface area contributed by atoms with Crippen molar-refractivity contribution >= 4 is 34.2 Å². The number of benzene rings is 3. The van der Waals surface area contributed by atoms with Gasteiger partial charge in [-0.1, -0.05) is 65.9 Å². The summed E-state index contributed by atoms with van der Waals surface area (Å²) < 4.78 is 3.46. The summed E-state index contributed by atoms with van der Waals surface area (Å²) in [4.78, 5) is 26.4. The number of ketones is 1. The Kier molecular flexibility index (Phi) is 5.34. The van der Waals surface area contributed by atoms with Crippen LogP contribution in [0.25, 0.3) is 22.4 Å². The topological polar surface area (TPSA) is 69.3 Å². The van der Waals surface area contributed by atoms with Crippen LogP contribution in [0.4, 0.5) is 0 Å². The SMILES string of the molecule is Cc1ccc(C(=O)CSc2nnc3n(-c4ccccc4C)c(=O)c4ccccc4n23)c(C)c1. The summed E-state index contributed by atoms with van der Waals surface area (Å²) >= 11 is 1.33. The molecular formula is C26H22N4O2S. The van der Waals surface area contributed by atoms with Gasteiger partial charge in [0.1, 0.15) is 0 Å². The van der Waals surface area contributed by atoms with E-state index in [4.69, 9.17) is 0 Å². The fourth-order valence-electron chi connectivity index (χ4n) is 4.14. The zero-order chi connectivity index (χ0) is 23.1. The summed E-state index contributed by atoms with van der Waals surface area (Å²) in [5.74, 6) is 0.683. The molecule has 164 valence electrons. The Hall–Kier alpha value is -3.71. The number of fused-ring (bicyclic) bond motifs is 3. The third kappa shape index (κ3) is 3.64. The molecule has 6 nitrogen and oxygen atoms in total. The normalized spacial score (nSPS) is 11.4. The number of carbonyl (C=O) groups excluding carboxylic acids is 1. The number of aromatic nitrogens is 4. The molecule has 0 radical (unpaired) electrons. The van der Waals surface area contributed by atoms with Gasteiger partial charge >= 0.3 is 0 Å². The predicted octanol–water partition coefficient (Wildman–Crippen LogP) is 4.93. The molecular weight excluding hydrogens is 432 g/mol. The van der Waals surface area contributed by atoms with Gasteiger partial charge in [0, 0.05) is 5.56 Å². The number of aryl methyl sites for hydroxylation is 3. The highest BCUT2D eigenvalue weighted by Gasteiger charge is 2.20. The van der Waals surface area contributed by atoms with Gasteiger partial charge < -0.3 is 0 Å². The maximum atomic E-state index is 13.4. The standard InChI is InChI=1S/C26H22N4O2S/c1-16-12-13-19(18(3)14-16)23(31)15-33-26-28-27-25-29(21-10-6-4-8-17(21)2)24(32)20-9-5-7-11-22(20)30(25)26/h4-14H,15H2,1-3H3. The van der Waals surface area contributed by atoms with E-state index in [1.165, 1.54) is 11.8 Å². The number of hydrogen-bond donors (Lipinski definition) is 0. The number of thioether (sulfide) groups is 1. The molecule has 0 spiro atoms. The van der Waals surface area contributed by atoms with Gasteiger partial charge in [-0.3, -0.25) is 14.0 Å². The molecule has 0 unspecified atom stereocenters. The van der Waals surface area contributed by atoms with Crippen LogP contribution in [-0.2, 0) is 0 Å². The molecule has 0 aliphatic rings. The van der Waals surface area contributed by atoms with Crippen molar-refractivity contribution < 1.29 is 4.79 Å². The molecule has 33 heavy (non-hydrogen) atoms. The highest BCUT2D eigenvalue weighted by atomic mass is 32.2. The second kappa shape index (κ2) is 8.33. The fourth-order valence-corrected chi connectivity index (χ4v) is 4.96. The highest BCUT2D eigenvalue weighted by molar-refractivity contribution is 7.99. The summed E-state index contributed by atoms with van der Waals surface area (Å²) in [6.45, 7) is 5.92. The third-order valence-electron chi connectivity index (χ3n) is 5.77. The number of nitrogens with zero attached hydrogens (tertiary/aromatic N) is 4. The summed E-state index contributed by atoms with van der Waals surface area (Å²) in [7, 11) is 0. The van der Waals surface area contributed by atoms with E-state index in [2.05, 4.69) is 10.2 Å². The van der Waals surface area contributed by atoms with Crippen LogP contribution in [-0.4, -0.2) is 30.7 Å². The minimum absolute atomic E-state index is 0.0331. The van der Waals surface area contributed by atoms with E-state index in [1.54, 1.807) is 10.6 Å². The zero-order valence-corrected chi connectivity index (χ0v) is 19.4. The van der Waals surface area contributed by atoms with E-state index in [0.717, 1.165) is 22.4 Å². The van der Waals surface area contributed by atoms with Crippen molar-refractivity contribution in [3.05, 3.63) is 99.3 Å². The second-order valence-electron chi connectivity index (χ2n) is 8.09. The van der Waals surface area contributed by atoms with E-state index in [9.17, 15) is 9.59 Å². The largest absolute Gasteiger partial charge is 0.293 e. The van der Waals surface area contributed by atoms with Crippen molar-refractivity contribution in [2.24, 2.45) is 0 Å². The molecule has 0 fully saturated rings. The van der Waals surface area contributed by atoms with Crippen LogP contribution in [0.5, 0.6) is 0 Å². The van der Waals surface area contributed by atoms with Gasteiger partial charge in [0.05, 0.1) is 22.3 Å². The molecule has 0 aliphatic carbocycles. The molecule has 0 N–H and O–H groups in total. The molecule has 5 aromatic rings. The van der Waals surface area contributed by atoms with E-state index < -0.39 is 0 Å². The Balaban J connectivity index is 1.64. The minimum Gasteiger partial charge on any atom is -0.293 e. The van der Waals surface area contributed by atoms with Gasteiger partial charge in [-0.25, -0.2) is 4.57 Å². The molecule has 2 heterocycles. The van der Waals surface area contributed by atoms with Crippen molar-refractivity contribution in [1.82, 2.24) is 19.2 Å². The Morgan fingerprint density at radius 1 is 0.909 bits per heavy atom. The maximum Gasteiger partial charge on any atom is 0.267 e. The summed E-state index contributed by atoms with van der Waals surface area (Å²) in [5.41, 5.74) is 5.08. The second-order valence-corrected chi connectivity index (χ2v) is 9.03. The minimum atomic E-state index is -0.150. The zero-order valence-electron chi connectivity index (χ0n) is 18.6. The van der Waals surface area contributed by atoms with Crippen molar-refractivity contribution in [1.29, 1.82) is 0 Å². The fraction of sp³-hybridized carbons (Fsp3) is 0.154. The maximum absolute atomic E-state index is 13.4. The Bertz CT molecular complexity index is 1600.